The van der Waals surface area contributed by atoms with E-state index >= 15 is 0 Å². The number of rotatable bonds is 0. The number of benzene rings is 4. The lowest BCUT2D eigenvalue weighted by molar-refractivity contribution is 0.0139. The molecule has 0 amide bonds. The minimum atomic E-state index is 0.325. The maximum absolute atomic E-state index is 5.80. The van der Waals surface area contributed by atoms with Crippen LogP contribution in [0.5, 0.6) is 5.75 Å². The van der Waals surface area contributed by atoms with Gasteiger partial charge in [-0.2, -0.15) is 0 Å². The molecule has 0 radical (unpaired) electrons. The van der Waals surface area contributed by atoms with Gasteiger partial charge >= 0.3 is 0 Å². The lowest BCUT2D eigenvalue weighted by Gasteiger charge is -2.14. The number of hydrogen-bond acceptors (Lipinski definition) is 2. The smallest absolute Gasteiger partial charge is 0.189 e. The van der Waals surface area contributed by atoms with Gasteiger partial charge < -0.3 is 9.47 Å². The van der Waals surface area contributed by atoms with Crippen molar-refractivity contribution in [2.45, 2.75) is 19.3 Å². The minimum Gasteiger partial charge on any atom is -0.468 e. The molecule has 4 heterocycles. The van der Waals surface area contributed by atoms with Gasteiger partial charge in [-0.1, -0.05) is 36.4 Å². The molecule has 4 aromatic rings. The van der Waals surface area contributed by atoms with E-state index in [4.69, 9.17) is 9.47 Å². The lowest BCUT2D eigenvalue weighted by atomic mass is 9.92. The van der Waals surface area contributed by atoms with Gasteiger partial charge in [0.15, 0.2) is 6.79 Å². The molecule has 0 saturated carbocycles. The number of fused-ring (bicyclic) bond motifs is 2. The fourth-order valence-corrected chi connectivity index (χ4v) is 3.80. The highest BCUT2D eigenvalue weighted by Gasteiger charge is 2.11. The van der Waals surface area contributed by atoms with E-state index in [0.29, 0.717) is 6.79 Å². The third kappa shape index (κ3) is 2.13. The molecule has 0 unspecified atom stereocenters. The molecule has 0 spiro atoms. The molecule has 114 valence electrons. The van der Waals surface area contributed by atoms with Crippen molar-refractivity contribution < 1.29 is 9.47 Å². The van der Waals surface area contributed by atoms with Crippen LogP contribution >= 0.6 is 0 Å². The van der Waals surface area contributed by atoms with Gasteiger partial charge in [0.2, 0.25) is 0 Å². The summed E-state index contributed by atoms with van der Waals surface area (Å²) >= 11 is 0. The van der Waals surface area contributed by atoms with Gasteiger partial charge in [0.05, 0.1) is 6.61 Å². The fraction of sp³-hybridized carbons (Fsp3) is 0.238. The Labute approximate surface area is 135 Å². The zero-order valence-electron chi connectivity index (χ0n) is 13.0. The summed E-state index contributed by atoms with van der Waals surface area (Å²) in [4.78, 5) is 0. The van der Waals surface area contributed by atoms with Crippen LogP contribution in [0.15, 0.2) is 48.5 Å². The van der Waals surface area contributed by atoms with Gasteiger partial charge in [0, 0.05) is 0 Å². The minimum absolute atomic E-state index is 0.325. The molecule has 0 aromatic heterocycles. The zero-order valence-corrected chi connectivity index (χ0v) is 13.0. The second-order valence-corrected chi connectivity index (χ2v) is 6.42. The highest BCUT2D eigenvalue weighted by molar-refractivity contribution is 6.23. The van der Waals surface area contributed by atoms with Gasteiger partial charge in [-0.3, -0.25) is 0 Å². The molecule has 0 N–H and O–H groups in total. The van der Waals surface area contributed by atoms with Crippen molar-refractivity contribution in [3.05, 3.63) is 54.1 Å². The third-order valence-corrected chi connectivity index (χ3v) is 4.88. The molecule has 23 heavy (non-hydrogen) atoms. The van der Waals surface area contributed by atoms with Crippen LogP contribution in [0, 0.1) is 0 Å². The maximum Gasteiger partial charge on any atom is 0.189 e. The lowest BCUT2D eigenvalue weighted by Crippen LogP contribution is -2.04. The summed E-state index contributed by atoms with van der Waals surface area (Å²) in [5, 5.41) is 7.87. The second-order valence-electron chi connectivity index (χ2n) is 6.42. The van der Waals surface area contributed by atoms with E-state index in [1.807, 2.05) is 0 Å². The van der Waals surface area contributed by atoms with Crippen molar-refractivity contribution in [3.8, 4) is 5.75 Å². The van der Waals surface area contributed by atoms with E-state index < -0.39 is 0 Å². The molecule has 8 bridgehead atoms. The van der Waals surface area contributed by atoms with Crippen molar-refractivity contribution in [2.24, 2.45) is 0 Å². The van der Waals surface area contributed by atoms with E-state index in [9.17, 15) is 0 Å². The first-order valence-corrected chi connectivity index (χ1v) is 8.30. The fourth-order valence-electron chi connectivity index (χ4n) is 3.80. The Balaban J connectivity index is 1.87. The standard InChI is InChI=1S/C21H18O2/c1-2-8-22-13-23-19-11-17-6-4-15-9-14(3-1)10-16-5-7-18(12-19)21(17)20(15)16/h4-7,9-12H,1-3,8,13H2. The predicted molar refractivity (Wildman–Crippen MR) is 94.5 cm³/mol. The van der Waals surface area contributed by atoms with Crippen LogP contribution in [-0.2, 0) is 11.2 Å². The summed E-state index contributed by atoms with van der Waals surface area (Å²) in [6, 6.07) is 17.9. The normalized spacial score (nSPS) is 16.0. The summed E-state index contributed by atoms with van der Waals surface area (Å²) in [5.41, 5.74) is 1.42. The average Bonchev–Trinajstić information content (AvgIpc) is 2.59. The quantitative estimate of drug-likeness (QED) is 0.412. The molecule has 4 aromatic carbocycles. The van der Waals surface area contributed by atoms with Crippen LogP contribution < -0.4 is 4.74 Å². The monoisotopic (exact) mass is 302 g/mol. The van der Waals surface area contributed by atoms with E-state index in [0.717, 1.165) is 31.6 Å². The first-order valence-electron chi connectivity index (χ1n) is 8.30. The Kier molecular flexibility index (Phi) is 2.92. The molecule has 4 aliphatic rings. The SMILES string of the molecule is c1cc2cc3cc4ccc5cc(cc1c5c24)CCCCOCO3. The first-order chi connectivity index (χ1) is 11.4. The second kappa shape index (κ2) is 5.10. The number of ether oxygens (including phenoxy) is 2. The first kappa shape index (κ1) is 13.1. The Bertz CT molecular complexity index is 855. The molecule has 4 aliphatic heterocycles. The maximum atomic E-state index is 5.80. The van der Waals surface area contributed by atoms with E-state index in [1.165, 1.54) is 37.9 Å². The molecule has 0 atom stereocenters. The zero-order chi connectivity index (χ0) is 15.2. The van der Waals surface area contributed by atoms with Crippen molar-refractivity contribution in [1.29, 1.82) is 0 Å². The summed E-state index contributed by atoms with van der Waals surface area (Å²) in [6.07, 6.45) is 3.31. The van der Waals surface area contributed by atoms with Crippen molar-refractivity contribution in [1.82, 2.24) is 0 Å². The van der Waals surface area contributed by atoms with Crippen LogP contribution in [0.3, 0.4) is 0 Å². The Morgan fingerprint density at radius 3 is 1.96 bits per heavy atom. The third-order valence-electron chi connectivity index (χ3n) is 4.88. The van der Waals surface area contributed by atoms with E-state index in [1.54, 1.807) is 0 Å². The number of aryl methyl sites for hydroxylation is 1. The highest BCUT2D eigenvalue weighted by Crippen LogP contribution is 2.37. The van der Waals surface area contributed by atoms with Gasteiger partial charge in [-0.15, -0.1) is 0 Å². The van der Waals surface area contributed by atoms with Crippen LogP contribution in [0.2, 0.25) is 0 Å². The van der Waals surface area contributed by atoms with Crippen molar-refractivity contribution in [3.63, 3.8) is 0 Å². The average molecular weight is 302 g/mol. The summed E-state index contributed by atoms with van der Waals surface area (Å²) in [6.45, 7) is 1.08. The topological polar surface area (TPSA) is 18.5 Å². The summed E-state index contributed by atoms with van der Waals surface area (Å²) < 4.78 is 11.4. The Hall–Kier alpha value is -2.32. The van der Waals surface area contributed by atoms with Gasteiger partial charge in [0.1, 0.15) is 5.75 Å². The molecule has 0 aliphatic carbocycles. The van der Waals surface area contributed by atoms with Crippen LogP contribution in [0.4, 0.5) is 0 Å². The molecular weight excluding hydrogens is 284 g/mol. The Morgan fingerprint density at radius 1 is 0.696 bits per heavy atom. The molecule has 8 rings (SSSR count). The molecule has 0 fully saturated rings. The van der Waals surface area contributed by atoms with E-state index in [-0.39, 0.29) is 0 Å². The molecule has 0 saturated heterocycles. The number of hydrogen-bond donors (Lipinski definition) is 0. The Morgan fingerprint density at radius 2 is 1.30 bits per heavy atom. The molecule has 2 nitrogen and oxygen atoms in total. The van der Waals surface area contributed by atoms with Gasteiger partial charge in [-0.05, 0) is 69.3 Å². The van der Waals surface area contributed by atoms with Crippen LogP contribution in [0.1, 0.15) is 18.4 Å². The molecule has 2 heteroatoms. The predicted octanol–water partition coefficient (Wildman–Crippen LogP) is 5.27. The highest BCUT2D eigenvalue weighted by atomic mass is 16.7. The van der Waals surface area contributed by atoms with Gasteiger partial charge in [0.25, 0.3) is 0 Å². The van der Waals surface area contributed by atoms with E-state index in [2.05, 4.69) is 48.5 Å². The van der Waals surface area contributed by atoms with Crippen molar-refractivity contribution in [2.75, 3.05) is 13.4 Å². The largest absolute Gasteiger partial charge is 0.468 e. The van der Waals surface area contributed by atoms with Crippen LogP contribution in [-0.4, -0.2) is 13.4 Å². The summed E-state index contributed by atoms with van der Waals surface area (Å²) in [5.74, 6) is 0.881. The summed E-state index contributed by atoms with van der Waals surface area (Å²) in [7, 11) is 0. The van der Waals surface area contributed by atoms with Crippen molar-refractivity contribution >= 4 is 32.3 Å². The molecular formula is C21H18O2. The van der Waals surface area contributed by atoms with Crippen LogP contribution in [0.25, 0.3) is 32.3 Å². The van der Waals surface area contributed by atoms with Gasteiger partial charge in [-0.25, -0.2) is 0 Å².